The molecule has 1 heterocycles. The van der Waals surface area contributed by atoms with Crippen molar-refractivity contribution in [3.05, 3.63) is 44.0 Å². The van der Waals surface area contributed by atoms with Crippen LogP contribution in [0.15, 0.2) is 15.8 Å². The molecule has 2 N–H and O–H groups in total. The smallest absolute Gasteiger partial charge is 0.328 e. The van der Waals surface area contributed by atoms with Crippen LogP contribution in [0.4, 0.5) is 0 Å². The van der Waals surface area contributed by atoms with Crippen molar-refractivity contribution in [2.75, 3.05) is 6.61 Å². The number of aryl methyl sites for hydroxylation is 2. The third-order valence-electron chi connectivity index (χ3n) is 2.29. The van der Waals surface area contributed by atoms with E-state index in [9.17, 15) is 9.59 Å². The Morgan fingerprint density at radius 3 is 2.88 bits per heavy atom. The minimum Gasteiger partial charge on any atom is -0.388 e. The van der Waals surface area contributed by atoms with Gasteiger partial charge in [0, 0.05) is 24.7 Å². The number of aromatic nitrogens is 2. The predicted molar refractivity (Wildman–Crippen MR) is 58.2 cm³/mol. The number of nitrogens with zero attached hydrogens (tertiary/aromatic N) is 2. The van der Waals surface area contributed by atoms with Gasteiger partial charge in [-0.2, -0.15) is 0 Å². The molecule has 0 unspecified atom stereocenters. The number of H-pyrrole nitrogens is 1. The minimum absolute atomic E-state index is 0.222. The third kappa shape index (κ3) is 2.81. The fourth-order valence-corrected chi connectivity index (χ4v) is 1.27. The van der Waals surface area contributed by atoms with E-state index in [1.54, 1.807) is 6.92 Å². The molecule has 0 saturated heterocycles. The van der Waals surface area contributed by atoms with Crippen LogP contribution in [0.25, 0.3) is 4.85 Å². The summed E-state index contributed by atoms with van der Waals surface area (Å²) in [6, 6.07) is -0.501. The maximum absolute atomic E-state index is 11.3. The lowest BCUT2D eigenvalue weighted by molar-refractivity contribution is 0.271. The van der Waals surface area contributed by atoms with Crippen LogP contribution in [0.3, 0.4) is 0 Å². The Morgan fingerprint density at radius 2 is 2.31 bits per heavy atom. The largest absolute Gasteiger partial charge is 0.388 e. The van der Waals surface area contributed by atoms with E-state index in [1.807, 2.05) is 0 Å². The Bertz CT molecular complexity index is 509. The Kier molecular flexibility index (Phi) is 4.03. The van der Waals surface area contributed by atoms with Gasteiger partial charge in [-0.05, 0) is 6.92 Å². The number of aliphatic hydroxyl groups is 1. The van der Waals surface area contributed by atoms with E-state index in [-0.39, 0.29) is 6.61 Å². The Balaban J connectivity index is 2.83. The number of aromatic amines is 1. The van der Waals surface area contributed by atoms with E-state index >= 15 is 0 Å². The van der Waals surface area contributed by atoms with Gasteiger partial charge in [0.2, 0.25) is 6.04 Å². The number of nitrogens with one attached hydrogen (secondary N) is 1. The molecule has 0 saturated carbocycles. The second-order valence-corrected chi connectivity index (χ2v) is 3.52. The van der Waals surface area contributed by atoms with E-state index in [0.29, 0.717) is 18.5 Å². The number of rotatable bonds is 4. The summed E-state index contributed by atoms with van der Waals surface area (Å²) in [5.74, 6) is 0. The second-order valence-electron chi connectivity index (χ2n) is 3.52. The van der Waals surface area contributed by atoms with Gasteiger partial charge in [0.1, 0.15) is 6.61 Å². The summed E-state index contributed by atoms with van der Waals surface area (Å²) in [6.45, 7) is 8.47. The van der Waals surface area contributed by atoms with Crippen LogP contribution in [0.1, 0.15) is 12.0 Å². The molecule has 0 aliphatic rings. The van der Waals surface area contributed by atoms with Gasteiger partial charge in [0.05, 0.1) is 0 Å². The van der Waals surface area contributed by atoms with E-state index in [2.05, 4.69) is 9.83 Å². The first kappa shape index (κ1) is 12.2. The van der Waals surface area contributed by atoms with Crippen LogP contribution < -0.4 is 11.2 Å². The zero-order valence-electron chi connectivity index (χ0n) is 8.93. The molecule has 0 spiro atoms. The molecule has 0 bridgehead atoms. The van der Waals surface area contributed by atoms with Gasteiger partial charge in [-0.1, -0.05) is 0 Å². The highest BCUT2D eigenvalue weighted by atomic mass is 16.3. The highest BCUT2D eigenvalue weighted by Gasteiger charge is 2.11. The van der Waals surface area contributed by atoms with Gasteiger partial charge in [-0.25, -0.2) is 11.4 Å². The van der Waals surface area contributed by atoms with Crippen molar-refractivity contribution in [1.82, 2.24) is 9.55 Å². The van der Waals surface area contributed by atoms with Crippen LogP contribution in [-0.4, -0.2) is 27.3 Å². The molecular weight excluding hydrogens is 210 g/mol. The summed E-state index contributed by atoms with van der Waals surface area (Å²) in [4.78, 5) is 27.8. The van der Waals surface area contributed by atoms with Gasteiger partial charge in [-0.3, -0.25) is 9.78 Å². The first-order valence-corrected chi connectivity index (χ1v) is 4.86. The maximum Gasteiger partial charge on any atom is 0.328 e. The summed E-state index contributed by atoms with van der Waals surface area (Å²) >= 11 is 0. The normalized spacial score (nSPS) is 12.1. The topological polar surface area (TPSA) is 79.5 Å². The Morgan fingerprint density at radius 1 is 1.62 bits per heavy atom. The van der Waals surface area contributed by atoms with E-state index in [4.69, 9.17) is 11.7 Å². The summed E-state index contributed by atoms with van der Waals surface area (Å²) < 4.78 is 1.34. The second kappa shape index (κ2) is 5.28. The molecule has 0 fully saturated rings. The molecule has 6 heteroatoms. The number of aliphatic hydroxyl groups excluding tert-OH is 1. The standard InChI is InChI=1S/C10H13N3O3/c1-7-5-13(10(16)12-9(7)15)4-3-8(6-14)11-2/h5,8,14H,3-4,6H2,1H3,(H,12,15,16)/t8-/m1/s1. The zero-order chi connectivity index (χ0) is 12.1. The van der Waals surface area contributed by atoms with Gasteiger partial charge in [0.25, 0.3) is 5.56 Å². The Labute approximate surface area is 92.0 Å². The average molecular weight is 223 g/mol. The van der Waals surface area contributed by atoms with E-state index in [1.165, 1.54) is 10.8 Å². The average Bonchev–Trinajstić information content (AvgIpc) is 2.26. The van der Waals surface area contributed by atoms with Crippen molar-refractivity contribution in [2.24, 2.45) is 0 Å². The molecule has 86 valence electrons. The van der Waals surface area contributed by atoms with Crippen molar-refractivity contribution in [3.63, 3.8) is 0 Å². The SMILES string of the molecule is [C-]#[N+][C@@H](CO)CCn1cc(C)c(=O)[nH]c1=O. The fraction of sp³-hybridized carbons (Fsp3) is 0.500. The highest BCUT2D eigenvalue weighted by molar-refractivity contribution is 5.00. The monoisotopic (exact) mass is 223 g/mol. The van der Waals surface area contributed by atoms with Gasteiger partial charge < -0.3 is 14.5 Å². The van der Waals surface area contributed by atoms with Crippen molar-refractivity contribution in [2.45, 2.75) is 25.9 Å². The molecule has 16 heavy (non-hydrogen) atoms. The van der Waals surface area contributed by atoms with Crippen LogP contribution in [0.2, 0.25) is 0 Å². The van der Waals surface area contributed by atoms with Crippen LogP contribution in [-0.2, 0) is 6.54 Å². The lowest BCUT2D eigenvalue weighted by Crippen LogP contribution is -2.31. The van der Waals surface area contributed by atoms with Crippen molar-refractivity contribution in [3.8, 4) is 0 Å². The van der Waals surface area contributed by atoms with Gasteiger partial charge in [0.15, 0.2) is 0 Å². The molecule has 1 rings (SSSR count). The molecule has 1 aromatic heterocycles. The number of hydrogen-bond acceptors (Lipinski definition) is 3. The lowest BCUT2D eigenvalue weighted by atomic mass is 10.2. The first-order valence-electron chi connectivity index (χ1n) is 4.86. The predicted octanol–water partition coefficient (Wildman–Crippen LogP) is -0.485. The van der Waals surface area contributed by atoms with E-state index in [0.717, 1.165) is 0 Å². The maximum atomic E-state index is 11.3. The van der Waals surface area contributed by atoms with Crippen molar-refractivity contribution < 1.29 is 5.11 Å². The third-order valence-corrected chi connectivity index (χ3v) is 2.29. The summed E-state index contributed by atoms with van der Waals surface area (Å²) in [5, 5.41) is 8.81. The molecule has 0 radical (unpaired) electrons. The number of hydrogen-bond donors (Lipinski definition) is 2. The lowest BCUT2D eigenvalue weighted by Gasteiger charge is -2.06. The summed E-state index contributed by atoms with van der Waals surface area (Å²) in [7, 11) is 0. The summed E-state index contributed by atoms with van der Waals surface area (Å²) in [6.07, 6.45) is 1.84. The van der Waals surface area contributed by atoms with Crippen LogP contribution in [0, 0.1) is 13.5 Å². The molecule has 0 amide bonds. The quantitative estimate of drug-likeness (QED) is 0.676. The fourth-order valence-electron chi connectivity index (χ4n) is 1.27. The molecule has 0 aliphatic carbocycles. The Hall–Kier alpha value is -1.87. The first-order chi connectivity index (χ1) is 7.58. The van der Waals surface area contributed by atoms with Crippen molar-refractivity contribution in [1.29, 1.82) is 0 Å². The highest BCUT2D eigenvalue weighted by Crippen LogP contribution is 1.98. The van der Waals surface area contributed by atoms with E-state index < -0.39 is 17.3 Å². The molecule has 0 aliphatic heterocycles. The molecular formula is C10H13N3O3. The summed E-state index contributed by atoms with van der Waals surface area (Å²) in [5.41, 5.74) is -0.439. The van der Waals surface area contributed by atoms with Gasteiger partial charge >= 0.3 is 5.69 Å². The van der Waals surface area contributed by atoms with Crippen LogP contribution >= 0.6 is 0 Å². The molecule has 1 atom stereocenters. The van der Waals surface area contributed by atoms with Crippen LogP contribution in [0.5, 0.6) is 0 Å². The molecule has 6 nitrogen and oxygen atoms in total. The molecule has 1 aromatic rings. The molecule has 0 aromatic carbocycles. The van der Waals surface area contributed by atoms with Crippen molar-refractivity contribution >= 4 is 0 Å². The zero-order valence-corrected chi connectivity index (χ0v) is 8.93. The minimum atomic E-state index is -0.501. The van der Waals surface area contributed by atoms with Gasteiger partial charge in [-0.15, -0.1) is 0 Å².